The Kier molecular flexibility index (Phi) is 5.20. The number of methoxy groups -OCH3 is 1. The van der Waals surface area contributed by atoms with Crippen LogP contribution in [0.2, 0.25) is 0 Å². The average Bonchev–Trinajstić information content (AvgIpc) is 3.22. The Morgan fingerprint density at radius 2 is 2.03 bits per heavy atom. The largest absolute Gasteiger partial charge is 0.497 e. The Morgan fingerprint density at radius 1 is 1.24 bits per heavy atom. The second-order valence-electron chi connectivity index (χ2n) is 7.07. The van der Waals surface area contributed by atoms with Gasteiger partial charge >= 0.3 is 0 Å². The Labute approximate surface area is 167 Å². The highest BCUT2D eigenvalue weighted by atomic mass is 16.5. The van der Waals surface area contributed by atoms with E-state index in [1.165, 1.54) is 10.8 Å². The van der Waals surface area contributed by atoms with Crippen molar-refractivity contribution in [2.45, 2.75) is 19.8 Å². The van der Waals surface area contributed by atoms with Crippen molar-refractivity contribution < 1.29 is 9.53 Å². The van der Waals surface area contributed by atoms with E-state index in [0.29, 0.717) is 36.5 Å². The number of benzene rings is 1. The predicted octanol–water partition coefficient (Wildman–Crippen LogP) is 1.02. The number of nitrogens with one attached hydrogen (secondary N) is 1. The first-order chi connectivity index (χ1) is 14.1. The van der Waals surface area contributed by atoms with E-state index in [4.69, 9.17) is 4.74 Å². The maximum absolute atomic E-state index is 12.7. The molecule has 1 saturated heterocycles. The average molecular weight is 396 g/mol. The Bertz CT molecular complexity index is 1080. The molecule has 1 fully saturated rings. The van der Waals surface area contributed by atoms with Gasteiger partial charge < -0.3 is 14.5 Å². The van der Waals surface area contributed by atoms with Crippen molar-refractivity contribution in [1.82, 2.24) is 24.5 Å². The minimum absolute atomic E-state index is 0.0591. The molecule has 29 heavy (non-hydrogen) atoms. The summed E-state index contributed by atoms with van der Waals surface area (Å²) in [7, 11) is 1.66. The van der Waals surface area contributed by atoms with Crippen LogP contribution >= 0.6 is 0 Å². The summed E-state index contributed by atoms with van der Waals surface area (Å²) in [5.41, 5.74) is 2.08. The van der Waals surface area contributed by atoms with Gasteiger partial charge in [0.1, 0.15) is 12.1 Å². The number of fused-ring (bicyclic) bond motifs is 1. The molecule has 152 valence electrons. The molecule has 0 aliphatic carbocycles. The number of aryl methyl sites for hydroxylation is 1. The minimum Gasteiger partial charge on any atom is -0.497 e. The Hall–Kier alpha value is -3.36. The second-order valence-corrected chi connectivity index (χ2v) is 7.07. The van der Waals surface area contributed by atoms with Gasteiger partial charge in [-0.25, -0.2) is 9.97 Å². The van der Waals surface area contributed by atoms with Crippen LogP contribution in [0.15, 0.2) is 35.4 Å². The number of hydrogen-bond donors (Lipinski definition) is 1. The summed E-state index contributed by atoms with van der Waals surface area (Å²) >= 11 is 0. The molecule has 0 saturated carbocycles. The molecule has 2 aromatic heterocycles. The lowest BCUT2D eigenvalue weighted by molar-refractivity contribution is -0.131. The third-order valence-corrected chi connectivity index (χ3v) is 5.37. The molecule has 1 aliphatic heterocycles. The third-order valence-electron chi connectivity index (χ3n) is 5.37. The first-order valence-corrected chi connectivity index (χ1v) is 9.65. The van der Waals surface area contributed by atoms with Crippen molar-refractivity contribution >= 4 is 17.4 Å². The van der Waals surface area contributed by atoms with Gasteiger partial charge in [-0.05, 0) is 25.5 Å². The maximum Gasteiger partial charge on any atom is 0.277 e. The van der Waals surface area contributed by atoms with Gasteiger partial charge in [0.15, 0.2) is 0 Å². The second kappa shape index (κ2) is 7.94. The van der Waals surface area contributed by atoms with E-state index in [1.807, 2.05) is 23.1 Å². The van der Waals surface area contributed by atoms with E-state index in [1.54, 1.807) is 14.0 Å². The van der Waals surface area contributed by atoms with E-state index in [9.17, 15) is 9.59 Å². The maximum atomic E-state index is 12.7. The molecule has 4 rings (SSSR count). The van der Waals surface area contributed by atoms with Crippen LogP contribution in [0.4, 0.5) is 5.69 Å². The molecule has 0 unspecified atom stereocenters. The Morgan fingerprint density at radius 3 is 2.79 bits per heavy atom. The van der Waals surface area contributed by atoms with Crippen LogP contribution in [-0.2, 0) is 11.2 Å². The van der Waals surface area contributed by atoms with Crippen molar-refractivity contribution in [3.8, 4) is 5.75 Å². The number of piperazine rings is 1. The summed E-state index contributed by atoms with van der Waals surface area (Å²) in [5, 5.41) is 2.76. The molecule has 9 nitrogen and oxygen atoms in total. The van der Waals surface area contributed by atoms with E-state index >= 15 is 0 Å². The number of rotatable bonds is 5. The quantitative estimate of drug-likeness (QED) is 0.692. The summed E-state index contributed by atoms with van der Waals surface area (Å²) in [5.74, 6) is 1.23. The molecule has 0 atom stereocenters. The number of aromatic amines is 1. The fraction of sp³-hybridized carbons (Fsp3) is 0.400. The molecule has 0 bridgehead atoms. The monoisotopic (exact) mass is 396 g/mol. The van der Waals surface area contributed by atoms with Crippen LogP contribution < -0.4 is 15.2 Å². The smallest absolute Gasteiger partial charge is 0.277 e. The fourth-order valence-corrected chi connectivity index (χ4v) is 3.69. The fourth-order valence-electron chi connectivity index (χ4n) is 3.69. The van der Waals surface area contributed by atoms with Crippen molar-refractivity contribution in [2.24, 2.45) is 0 Å². The number of ether oxygens (including phenoxy) is 1. The molecule has 1 aliphatic rings. The number of carbonyl (C=O) groups is 1. The van der Waals surface area contributed by atoms with Crippen molar-refractivity contribution in [3.05, 3.63) is 52.2 Å². The number of anilines is 1. The first kappa shape index (κ1) is 19.0. The number of H-pyrrole nitrogens is 1. The van der Waals surface area contributed by atoms with Gasteiger partial charge in [0.2, 0.25) is 5.91 Å². The molecule has 3 heterocycles. The summed E-state index contributed by atoms with van der Waals surface area (Å²) < 4.78 is 6.60. The van der Waals surface area contributed by atoms with E-state index in [-0.39, 0.29) is 17.9 Å². The Balaban J connectivity index is 1.36. The molecular formula is C20H24N6O3. The van der Waals surface area contributed by atoms with Crippen LogP contribution in [0.5, 0.6) is 5.75 Å². The highest BCUT2D eigenvalue weighted by Crippen LogP contribution is 2.22. The molecular weight excluding hydrogens is 372 g/mol. The van der Waals surface area contributed by atoms with Crippen molar-refractivity contribution in [2.75, 3.05) is 38.2 Å². The lowest BCUT2D eigenvalue weighted by atomic mass is 10.1. The van der Waals surface area contributed by atoms with E-state index in [0.717, 1.165) is 24.5 Å². The summed E-state index contributed by atoms with van der Waals surface area (Å²) in [6.07, 6.45) is 2.09. The molecule has 1 aromatic carbocycles. The third kappa shape index (κ3) is 3.80. The number of hydrogen-bond acceptors (Lipinski definition) is 6. The molecule has 1 amide bonds. The standard InChI is InChI=1S/C20H24N6O3/c1-14-17(19(28)26-20(23-14)21-13-22-26)6-7-18(27)25-10-8-24(9-11-25)15-4-3-5-16(12-15)29-2/h3-5,12-13H,6-11H2,1-2H3,(H,21,22,23). The molecule has 0 radical (unpaired) electrons. The van der Waals surface area contributed by atoms with Gasteiger partial charge in [0.25, 0.3) is 11.3 Å². The molecule has 9 heteroatoms. The van der Waals surface area contributed by atoms with Gasteiger partial charge in [0.05, 0.1) is 12.8 Å². The zero-order chi connectivity index (χ0) is 20.4. The number of nitrogens with zero attached hydrogens (tertiary/aromatic N) is 5. The van der Waals surface area contributed by atoms with Crippen LogP contribution in [0, 0.1) is 6.92 Å². The van der Waals surface area contributed by atoms with Crippen LogP contribution in [0.25, 0.3) is 5.78 Å². The van der Waals surface area contributed by atoms with Crippen molar-refractivity contribution in [1.29, 1.82) is 0 Å². The van der Waals surface area contributed by atoms with Crippen LogP contribution in [0.3, 0.4) is 0 Å². The lowest BCUT2D eigenvalue weighted by Gasteiger charge is -2.36. The summed E-state index contributed by atoms with van der Waals surface area (Å²) in [6, 6.07) is 7.95. The lowest BCUT2D eigenvalue weighted by Crippen LogP contribution is -2.48. The number of amides is 1. The number of carbonyl (C=O) groups excluding carboxylic acids is 1. The van der Waals surface area contributed by atoms with Gasteiger partial charge in [-0.1, -0.05) is 6.07 Å². The number of aromatic nitrogens is 4. The van der Waals surface area contributed by atoms with Gasteiger partial charge in [-0.2, -0.15) is 4.52 Å². The van der Waals surface area contributed by atoms with E-state index < -0.39 is 0 Å². The highest BCUT2D eigenvalue weighted by molar-refractivity contribution is 5.77. The zero-order valence-corrected chi connectivity index (χ0v) is 16.6. The zero-order valence-electron chi connectivity index (χ0n) is 16.6. The molecule has 0 spiro atoms. The van der Waals surface area contributed by atoms with Gasteiger partial charge in [-0.15, -0.1) is 0 Å². The first-order valence-electron chi connectivity index (χ1n) is 9.65. The summed E-state index contributed by atoms with van der Waals surface area (Å²) in [6.45, 7) is 4.63. The van der Waals surface area contributed by atoms with Crippen molar-refractivity contribution in [3.63, 3.8) is 0 Å². The normalized spacial score (nSPS) is 14.4. The molecule has 1 N–H and O–H groups in total. The topological polar surface area (TPSA) is 95.8 Å². The summed E-state index contributed by atoms with van der Waals surface area (Å²) in [4.78, 5) is 37.7. The SMILES string of the molecule is COc1cccc(N2CCN(C(=O)CCc3c(C)nc4nc[nH]n4c3=O)CC2)c1. The predicted molar refractivity (Wildman–Crippen MR) is 108 cm³/mol. The highest BCUT2D eigenvalue weighted by Gasteiger charge is 2.22. The minimum atomic E-state index is -0.194. The van der Waals surface area contributed by atoms with Crippen LogP contribution in [0.1, 0.15) is 17.7 Å². The van der Waals surface area contributed by atoms with Crippen LogP contribution in [-0.4, -0.2) is 63.7 Å². The van der Waals surface area contributed by atoms with E-state index in [2.05, 4.69) is 26.0 Å². The van der Waals surface area contributed by atoms with Gasteiger partial charge in [-0.3, -0.25) is 14.7 Å². The van der Waals surface area contributed by atoms with Gasteiger partial charge in [0, 0.05) is 49.9 Å². The molecule has 3 aromatic rings.